The number of rotatable bonds is 2. The van der Waals surface area contributed by atoms with Crippen LogP contribution in [0.3, 0.4) is 0 Å². The second-order valence-corrected chi connectivity index (χ2v) is 4.01. The average Bonchev–Trinajstić information content (AvgIpc) is 2.46. The second kappa shape index (κ2) is 5.51. The zero-order valence-corrected chi connectivity index (χ0v) is 10.4. The number of aromatic nitrogens is 1. The zero-order valence-electron chi connectivity index (χ0n) is 10.4. The summed E-state index contributed by atoms with van der Waals surface area (Å²) in [6.07, 6.45) is -4.51. The maximum Gasteiger partial charge on any atom is 0.416 e. The van der Waals surface area contributed by atoms with E-state index in [1.54, 1.807) is 18.2 Å². The van der Waals surface area contributed by atoms with Gasteiger partial charge in [-0.05, 0) is 30.3 Å². The fourth-order valence-corrected chi connectivity index (χ4v) is 1.63. The molecule has 0 aliphatic rings. The lowest BCUT2D eigenvalue weighted by atomic mass is 10.1. The molecule has 21 heavy (non-hydrogen) atoms. The summed E-state index contributed by atoms with van der Waals surface area (Å²) < 4.78 is 37.7. The first-order chi connectivity index (χ1) is 9.94. The van der Waals surface area contributed by atoms with Crippen LogP contribution in [0.15, 0.2) is 36.4 Å². The van der Waals surface area contributed by atoms with Crippen LogP contribution >= 0.6 is 0 Å². The van der Waals surface area contributed by atoms with E-state index < -0.39 is 11.7 Å². The van der Waals surface area contributed by atoms with Crippen molar-refractivity contribution in [2.45, 2.75) is 6.18 Å². The van der Waals surface area contributed by atoms with Gasteiger partial charge in [-0.3, -0.25) is 0 Å². The van der Waals surface area contributed by atoms with E-state index in [0.29, 0.717) is 0 Å². The molecule has 1 aromatic carbocycles. The maximum atomic E-state index is 12.6. The van der Waals surface area contributed by atoms with Crippen LogP contribution in [-0.2, 0) is 6.18 Å². The summed E-state index contributed by atoms with van der Waals surface area (Å²) in [5.74, 6) is 0.269. The zero-order chi connectivity index (χ0) is 15.5. The number of nitriles is 2. The van der Waals surface area contributed by atoms with Crippen LogP contribution < -0.4 is 5.32 Å². The second-order valence-electron chi connectivity index (χ2n) is 4.01. The molecule has 0 saturated heterocycles. The molecule has 0 amide bonds. The van der Waals surface area contributed by atoms with E-state index >= 15 is 0 Å². The lowest BCUT2D eigenvalue weighted by Crippen LogP contribution is -2.06. The number of nitrogens with zero attached hydrogens (tertiary/aromatic N) is 3. The highest BCUT2D eigenvalue weighted by molar-refractivity contribution is 5.65. The first-order valence-corrected chi connectivity index (χ1v) is 5.69. The standard InChI is InChI=1S/C14H7F3N4/c15-14(16,17)10-4-5-12(9(6-10)7-18)21-13-3-1-2-11(8-19)20-13/h1-6H,(H,20,21). The van der Waals surface area contributed by atoms with Gasteiger partial charge in [0.15, 0.2) is 0 Å². The van der Waals surface area contributed by atoms with Crippen molar-refractivity contribution in [3.05, 3.63) is 53.2 Å². The van der Waals surface area contributed by atoms with Crippen molar-refractivity contribution >= 4 is 11.5 Å². The van der Waals surface area contributed by atoms with Crippen molar-refractivity contribution in [2.75, 3.05) is 5.32 Å². The van der Waals surface area contributed by atoms with Crippen LogP contribution in [-0.4, -0.2) is 4.98 Å². The Hall–Kier alpha value is -3.06. The Bertz CT molecular complexity index is 754. The summed E-state index contributed by atoms with van der Waals surface area (Å²) in [5.41, 5.74) is -0.712. The van der Waals surface area contributed by atoms with E-state index in [4.69, 9.17) is 10.5 Å². The number of halogens is 3. The monoisotopic (exact) mass is 288 g/mol. The largest absolute Gasteiger partial charge is 0.416 e. The molecule has 0 bridgehead atoms. The van der Waals surface area contributed by atoms with Gasteiger partial charge in [0.05, 0.1) is 16.8 Å². The molecule has 0 fully saturated rings. The summed E-state index contributed by atoms with van der Waals surface area (Å²) >= 11 is 0. The van der Waals surface area contributed by atoms with Crippen LogP contribution in [0.1, 0.15) is 16.8 Å². The fourth-order valence-electron chi connectivity index (χ4n) is 1.63. The van der Waals surface area contributed by atoms with Crippen molar-refractivity contribution in [3.63, 3.8) is 0 Å². The third kappa shape index (κ3) is 3.28. The van der Waals surface area contributed by atoms with E-state index in [9.17, 15) is 13.2 Å². The first kappa shape index (κ1) is 14.4. The van der Waals surface area contributed by atoms with Crippen LogP contribution in [0.25, 0.3) is 0 Å². The fraction of sp³-hybridized carbons (Fsp3) is 0.0714. The van der Waals surface area contributed by atoms with Crippen molar-refractivity contribution < 1.29 is 13.2 Å². The van der Waals surface area contributed by atoms with Crippen LogP contribution in [0, 0.1) is 22.7 Å². The van der Waals surface area contributed by atoms with Gasteiger partial charge in [-0.2, -0.15) is 23.7 Å². The highest BCUT2D eigenvalue weighted by Gasteiger charge is 2.31. The first-order valence-electron chi connectivity index (χ1n) is 5.69. The van der Waals surface area contributed by atoms with Crippen molar-refractivity contribution in [3.8, 4) is 12.1 Å². The topological polar surface area (TPSA) is 72.5 Å². The molecule has 0 aliphatic carbocycles. The average molecular weight is 288 g/mol. The van der Waals surface area contributed by atoms with Gasteiger partial charge in [0.2, 0.25) is 0 Å². The molecule has 1 aromatic heterocycles. The number of hydrogen-bond donors (Lipinski definition) is 1. The van der Waals surface area contributed by atoms with Gasteiger partial charge in [-0.1, -0.05) is 6.07 Å². The molecule has 0 unspecified atom stereocenters. The molecule has 0 spiro atoms. The lowest BCUT2D eigenvalue weighted by molar-refractivity contribution is -0.137. The molecular formula is C14H7F3N4. The molecule has 0 aliphatic heterocycles. The minimum absolute atomic E-state index is 0.158. The molecule has 2 aromatic rings. The molecule has 1 heterocycles. The predicted octanol–water partition coefficient (Wildman–Crippen LogP) is 3.59. The van der Waals surface area contributed by atoms with Crippen LogP contribution in [0.4, 0.5) is 24.7 Å². The number of nitrogens with one attached hydrogen (secondary N) is 1. The summed E-state index contributed by atoms with van der Waals surface area (Å²) in [4.78, 5) is 3.93. The van der Waals surface area contributed by atoms with E-state index in [2.05, 4.69) is 10.3 Å². The normalized spacial score (nSPS) is 10.5. The van der Waals surface area contributed by atoms with Crippen molar-refractivity contribution in [1.29, 1.82) is 10.5 Å². The molecule has 7 heteroatoms. The van der Waals surface area contributed by atoms with E-state index in [1.807, 2.05) is 6.07 Å². The Balaban J connectivity index is 2.37. The third-order valence-electron chi connectivity index (χ3n) is 2.59. The molecule has 0 atom stereocenters. The number of benzene rings is 1. The SMILES string of the molecule is N#Cc1cccc(Nc2ccc(C(F)(F)F)cc2C#N)n1. The minimum atomic E-state index is -4.51. The van der Waals surface area contributed by atoms with E-state index in [0.717, 1.165) is 18.2 Å². The van der Waals surface area contributed by atoms with Gasteiger partial charge in [0.25, 0.3) is 0 Å². The maximum absolute atomic E-state index is 12.6. The highest BCUT2D eigenvalue weighted by Crippen LogP contribution is 2.32. The predicted molar refractivity (Wildman–Crippen MR) is 68.4 cm³/mol. The van der Waals surface area contributed by atoms with Gasteiger partial charge in [-0.25, -0.2) is 4.98 Å². The number of hydrogen-bond acceptors (Lipinski definition) is 4. The Morgan fingerprint density at radius 1 is 1.05 bits per heavy atom. The van der Waals surface area contributed by atoms with Gasteiger partial charge < -0.3 is 5.32 Å². The Morgan fingerprint density at radius 2 is 1.81 bits per heavy atom. The molecule has 1 N–H and O–H groups in total. The molecule has 4 nitrogen and oxygen atoms in total. The van der Waals surface area contributed by atoms with Gasteiger partial charge in [0, 0.05) is 0 Å². The van der Waals surface area contributed by atoms with Gasteiger partial charge >= 0.3 is 6.18 Å². The summed E-state index contributed by atoms with van der Waals surface area (Å²) in [7, 11) is 0. The van der Waals surface area contributed by atoms with Gasteiger partial charge in [0.1, 0.15) is 23.7 Å². The van der Waals surface area contributed by atoms with Crippen LogP contribution in [0.2, 0.25) is 0 Å². The third-order valence-corrected chi connectivity index (χ3v) is 2.59. The number of alkyl halides is 3. The minimum Gasteiger partial charge on any atom is -0.339 e. The molecule has 2 rings (SSSR count). The highest BCUT2D eigenvalue weighted by atomic mass is 19.4. The Labute approximate surface area is 118 Å². The summed E-state index contributed by atoms with van der Waals surface area (Å²) in [5, 5.41) is 20.4. The van der Waals surface area contributed by atoms with E-state index in [1.165, 1.54) is 6.07 Å². The van der Waals surface area contributed by atoms with Crippen LogP contribution in [0.5, 0.6) is 0 Å². The Kier molecular flexibility index (Phi) is 3.77. The summed E-state index contributed by atoms with van der Waals surface area (Å²) in [6.45, 7) is 0. The number of pyridine rings is 1. The summed E-state index contributed by atoms with van der Waals surface area (Å²) in [6, 6.07) is 10.9. The smallest absolute Gasteiger partial charge is 0.339 e. The Morgan fingerprint density at radius 3 is 2.43 bits per heavy atom. The lowest BCUT2D eigenvalue weighted by Gasteiger charge is -2.11. The molecule has 0 radical (unpaired) electrons. The molecule has 104 valence electrons. The molecule has 0 saturated carbocycles. The quantitative estimate of drug-likeness (QED) is 0.916. The molecular weight excluding hydrogens is 281 g/mol. The van der Waals surface area contributed by atoms with Gasteiger partial charge in [-0.15, -0.1) is 0 Å². The van der Waals surface area contributed by atoms with E-state index in [-0.39, 0.29) is 22.8 Å². The number of anilines is 2. The van der Waals surface area contributed by atoms with Crippen molar-refractivity contribution in [2.24, 2.45) is 0 Å². The van der Waals surface area contributed by atoms with Crippen molar-refractivity contribution in [1.82, 2.24) is 4.98 Å².